The molecule has 0 aliphatic heterocycles. The Balaban J connectivity index is 2.31. The van der Waals surface area contributed by atoms with Gasteiger partial charge in [-0.25, -0.2) is 0 Å². The van der Waals surface area contributed by atoms with Crippen molar-refractivity contribution in [2.24, 2.45) is 20.5 Å². The van der Waals surface area contributed by atoms with E-state index in [1.165, 1.54) is 13.1 Å². The van der Waals surface area contributed by atoms with E-state index in [4.69, 9.17) is 5.73 Å². The Labute approximate surface area is 161 Å². The van der Waals surface area contributed by atoms with Gasteiger partial charge in [0.05, 0.1) is 16.8 Å². The molecule has 0 fully saturated rings. The fraction of sp³-hybridized carbons (Fsp3) is 0.111. The lowest BCUT2D eigenvalue weighted by Gasteiger charge is -2.12. The third-order valence-electron chi connectivity index (χ3n) is 3.91. The number of aromatic hydroxyl groups is 1. The third kappa shape index (κ3) is 4.13. The molecule has 0 saturated heterocycles. The number of benzene rings is 3. The van der Waals surface area contributed by atoms with Gasteiger partial charge in [0.1, 0.15) is 11.4 Å². The summed E-state index contributed by atoms with van der Waals surface area (Å²) in [5.74, 6) is -1.13. The number of hydrogen-bond acceptors (Lipinski definition) is 8. The summed E-state index contributed by atoms with van der Waals surface area (Å²) >= 11 is 0. The molecule has 0 unspecified atom stereocenters. The fourth-order valence-corrected chi connectivity index (χ4v) is 3.38. The van der Waals surface area contributed by atoms with Crippen LogP contribution in [0.15, 0.2) is 69.0 Å². The highest BCUT2D eigenvalue weighted by atomic mass is 32.2. The second-order valence-corrected chi connectivity index (χ2v) is 7.34. The normalized spacial score (nSPS) is 12.4. The average Bonchev–Trinajstić information content (AvgIpc) is 2.63. The Kier molecular flexibility index (Phi) is 5.34. The van der Waals surface area contributed by atoms with E-state index < -0.39 is 15.9 Å². The minimum atomic E-state index is -4.40. The highest BCUT2D eigenvalue weighted by Crippen LogP contribution is 2.45. The molecule has 144 valence electrons. The van der Waals surface area contributed by atoms with Gasteiger partial charge in [-0.3, -0.25) is 4.55 Å². The van der Waals surface area contributed by atoms with Crippen LogP contribution in [0, 0.1) is 0 Å². The van der Waals surface area contributed by atoms with Crippen molar-refractivity contribution in [3.8, 4) is 5.75 Å². The fourth-order valence-electron chi connectivity index (χ4n) is 2.76. The number of rotatable bonds is 5. The summed E-state index contributed by atoms with van der Waals surface area (Å²) in [5, 5.41) is 27.1. The first-order chi connectivity index (χ1) is 13.3. The van der Waals surface area contributed by atoms with Gasteiger partial charge in [-0.05, 0) is 30.3 Å². The van der Waals surface area contributed by atoms with Crippen molar-refractivity contribution in [2.75, 3.05) is 12.8 Å². The molecular formula is C18H17N5O4S. The van der Waals surface area contributed by atoms with Crippen molar-refractivity contribution in [1.29, 1.82) is 0 Å². The molecule has 0 spiro atoms. The Morgan fingerprint density at radius 1 is 1.04 bits per heavy atom. The standard InChI is InChI=1S/C18H17N5O4S/c1-20-22-15-8-7-14(19)16-13(15)9-11(10-28(25,26)27)17(18(16)24)23-21-12-5-3-2-4-6-12/h2-9,24H,10,19H2,1H3,(H,25,26,27). The number of anilines is 1. The summed E-state index contributed by atoms with van der Waals surface area (Å²) in [6.07, 6.45) is 0. The van der Waals surface area contributed by atoms with Crippen LogP contribution < -0.4 is 5.73 Å². The quantitative estimate of drug-likeness (QED) is 0.324. The van der Waals surface area contributed by atoms with E-state index in [-0.39, 0.29) is 28.1 Å². The van der Waals surface area contributed by atoms with Gasteiger partial charge in [0.15, 0.2) is 5.75 Å². The maximum Gasteiger partial charge on any atom is 0.269 e. The van der Waals surface area contributed by atoms with Gasteiger partial charge >= 0.3 is 0 Å². The molecule has 0 bridgehead atoms. The van der Waals surface area contributed by atoms with E-state index in [0.29, 0.717) is 16.8 Å². The van der Waals surface area contributed by atoms with Gasteiger partial charge < -0.3 is 10.8 Å². The van der Waals surface area contributed by atoms with Gasteiger partial charge in [0, 0.05) is 23.7 Å². The molecule has 10 heteroatoms. The summed E-state index contributed by atoms with van der Waals surface area (Å²) < 4.78 is 32.3. The second-order valence-electron chi connectivity index (χ2n) is 5.89. The van der Waals surface area contributed by atoms with Gasteiger partial charge in [-0.15, -0.1) is 5.11 Å². The predicted molar refractivity (Wildman–Crippen MR) is 106 cm³/mol. The maximum atomic E-state index is 11.5. The minimum Gasteiger partial charge on any atom is -0.505 e. The van der Waals surface area contributed by atoms with Gasteiger partial charge in [0.2, 0.25) is 0 Å². The predicted octanol–water partition coefficient (Wildman–Crippen LogP) is 4.64. The number of fused-ring (bicyclic) bond motifs is 1. The smallest absolute Gasteiger partial charge is 0.269 e. The highest BCUT2D eigenvalue weighted by Gasteiger charge is 2.20. The van der Waals surface area contributed by atoms with E-state index in [1.807, 2.05) is 0 Å². The largest absolute Gasteiger partial charge is 0.505 e. The Morgan fingerprint density at radius 3 is 2.39 bits per heavy atom. The lowest BCUT2D eigenvalue weighted by molar-refractivity contribution is 0.479. The van der Waals surface area contributed by atoms with E-state index in [0.717, 1.165) is 0 Å². The summed E-state index contributed by atoms with van der Waals surface area (Å²) in [7, 11) is -2.93. The van der Waals surface area contributed by atoms with Crippen molar-refractivity contribution in [3.63, 3.8) is 0 Å². The number of phenols is 1. The van der Waals surface area contributed by atoms with Crippen molar-refractivity contribution in [1.82, 2.24) is 0 Å². The van der Waals surface area contributed by atoms with Crippen LogP contribution in [0.25, 0.3) is 10.8 Å². The molecule has 3 aromatic carbocycles. The van der Waals surface area contributed by atoms with Crippen LogP contribution >= 0.6 is 0 Å². The average molecular weight is 399 g/mol. The number of phenolic OH excluding ortho intramolecular Hbond substituents is 1. The minimum absolute atomic E-state index is 0.0466. The zero-order valence-corrected chi connectivity index (χ0v) is 15.6. The Morgan fingerprint density at radius 2 is 1.75 bits per heavy atom. The SMILES string of the molecule is CN=Nc1ccc(N)c2c(O)c(N=Nc3ccccc3)c(CS(=O)(=O)O)cc12. The van der Waals surface area contributed by atoms with Crippen LogP contribution in [-0.4, -0.2) is 25.1 Å². The van der Waals surface area contributed by atoms with E-state index in [2.05, 4.69) is 20.5 Å². The topological polar surface area (TPSA) is 150 Å². The van der Waals surface area contributed by atoms with Crippen molar-refractivity contribution < 1.29 is 18.1 Å². The molecule has 0 aromatic heterocycles. The van der Waals surface area contributed by atoms with Crippen molar-refractivity contribution in [2.45, 2.75) is 5.75 Å². The van der Waals surface area contributed by atoms with Crippen molar-refractivity contribution in [3.05, 3.63) is 54.1 Å². The van der Waals surface area contributed by atoms with Crippen LogP contribution in [0.2, 0.25) is 0 Å². The first kappa shape index (κ1) is 19.4. The van der Waals surface area contributed by atoms with Crippen molar-refractivity contribution >= 4 is 43.6 Å². The van der Waals surface area contributed by atoms with Gasteiger partial charge in [0.25, 0.3) is 10.1 Å². The summed E-state index contributed by atoms with van der Waals surface area (Å²) in [6.45, 7) is 0. The summed E-state index contributed by atoms with van der Waals surface area (Å²) in [5.41, 5.74) is 7.07. The Hall–Kier alpha value is -3.37. The zero-order valence-electron chi connectivity index (χ0n) is 14.8. The molecule has 3 aromatic rings. The molecule has 0 atom stereocenters. The number of nitrogen functional groups attached to an aromatic ring is 1. The molecule has 0 radical (unpaired) electrons. The van der Waals surface area contributed by atoms with Crippen LogP contribution in [0.4, 0.5) is 22.7 Å². The van der Waals surface area contributed by atoms with Crippen LogP contribution in [0.3, 0.4) is 0 Å². The van der Waals surface area contributed by atoms with Crippen LogP contribution in [0.5, 0.6) is 5.75 Å². The molecular weight excluding hydrogens is 382 g/mol. The van der Waals surface area contributed by atoms with Gasteiger partial charge in [-0.1, -0.05) is 18.2 Å². The molecule has 28 heavy (non-hydrogen) atoms. The van der Waals surface area contributed by atoms with E-state index >= 15 is 0 Å². The number of azo groups is 2. The van der Waals surface area contributed by atoms with E-state index in [1.54, 1.807) is 42.5 Å². The van der Waals surface area contributed by atoms with E-state index in [9.17, 15) is 18.1 Å². The third-order valence-corrected chi connectivity index (χ3v) is 4.58. The molecule has 0 heterocycles. The number of nitrogens with zero attached hydrogens (tertiary/aromatic N) is 4. The lowest BCUT2D eigenvalue weighted by Crippen LogP contribution is -2.02. The van der Waals surface area contributed by atoms with Crippen LogP contribution in [-0.2, 0) is 15.9 Å². The molecule has 0 aliphatic carbocycles. The molecule has 9 nitrogen and oxygen atoms in total. The molecule has 0 amide bonds. The molecule has 3 rings (SSSR count). The lowest BCUT2D eigenvalue weighted by atomic mass is 10.0. The number of hydrogen-bond donors (Lipinski definition) is 3. The summed E-state index contributed by atoms with van der Waals surface area (Å²) in [4.78, 5) is 0. The first-order valence-electron chi connectivity index (χ1n) is 8.09. The van der Waals surface area contributed by atoms with Gasteiger partial charge in [-0.2, -0.15) is 23.8 Å². The second kappa shape index (κ2) is 7.71. The number of nitrogens with two attached hydrogens (primary N) is 1. The molecule has 4 N–H and O–H groups in total. The first-order valence-corrected chi connectivity index (χ1v) is 9.70. The monoisotopic (exact) mass is 399 g/mol. The summed E-state index contributed by atoms with van der Waals surface area (Å²) in [6, 6.07) is 13.3. The highest BCUT2D eigenvalue weighted by molar-refractivity contribution is 7.85. The Bertz CT molecular complexity index is 1190. The molecule has 0 aliphatic rings. The molecule has 0 saturated carbocycles. The van der Waals surface area contributed by atoms with Crippen LogP contribution in [0.1, 0.15) is 5.56 Å². The maximum absolute atomic E-state index is 11.5. The zero-order chi connectivity index (χ0) is 20.3.